The van der Waals surface area contributed by atoms with Crippen molar-refractivity contribution in [1.82, 2.24) is 10.4 Å². The maximum Gasteiger partial charge on any atom is 0.287 e. The van der Waals surface area contributed by atoms with Crippen LogP contribution in [0.25, 0.3) is 10.9 Å². The highest BCUT2D eigenvalue weighted by atomic mass is 16.5. The van der Waals surface area contributed by atoms with Gasteiger partial charge < -0.3 is 24.3 Å². The number of methoxy groups -OCH3 is 3. The van der Waals surface area contributed by atoms with E-state index in [0.717, 1.165) is 5.39 Å². The summed E-state index contributed by atoms with van der Waals surface area (Å²) in [5, 5.41) is 14.4. The maximum absolute atomic E-state index is 12.4. The molecule has 0 saturated carbocycles. The number of nitrogens with one attached hydrogen (secondary N) is 2. The van der Waals surface area contributed by atoms with Gasteiger partial charge in [0.2, 0.25) is 0 Å². The summed E-state index contributed by atoms with van der Waals surface area (Å²) in [6, 6.07) is 9.98. The van der Waals surface area contributed by atoms with E-state index in [9.17, 15) is 9.90 Å². The number of phenols is 1. The Labute approximate surface area is 155 Å². The molecule has 140 valence electrons. The number of H-pyrrole nitrogens is 1. The number of ether oxygens (including phenoxy) is 3. The monoisotopic (exact) mass is 369 g/mol. The van der Waals surface area contributed by atoms with Gasteiger partial charge in [-0.2, -0.15) is 5.10 Å². The SMILES string of the molecule is COc1ccc(C=NNC(=O)c2cc3c(OC)ccc(OC)c3[nH]2)cc1O. The van der Waals surface area contributed by atoms with Crippen LogP contribution in [-0.2, 0) is 0 Å². The molecule has 8 nitrogen and oxygen atoms in total. The number of carbonyl (C=O) groups excluding carboxylic acids is 1. The lowest BCUT2D eigenvalue weighted by molar-refractivity contribution is 0.0951. The van der Waals surface area contributed by atoms with Crippen LogP contribution in [0.5, 0.6) is 23.0 Å². The number of hydrogen-bond acceptors (Lipinski definition) is 6. The fraction of sp³-hybridized carbons (Fsp3) is 0.158. The number of hydrazone groups is 1. The molecule has 0 atom stereocenters. The molecule has 3 aromatic rings. The van der Waals surface area contributed by atoms with Crippen LogP contribution < -0.4 is 19.6 Å². The van der Waals surface area contributed by atoms with E-state index in [-0.39, 0.29) is 5.75 Å². The first-order valence-electron chi connectivity index (χ1n) is 8.01. The number of carbonyl (C=O) groups is 1. The normalized spacial score (nSPS) is 10.9. The van der Waals surface area contributed by atoms with Gasteiger partial charge in [-0.3, -0.25) is 4.79 Å². The molecule has 3 N–H and O–H groups in total. The number of amides is 1. The molecular weight excluding hydrogens is 350 g/mol. The first-order chi connectivity index (χ1) is 13.1. The predicted octanol–water partition coefficient (Wildman–Crippen LogP) is 2.66. The highest BCUT2D eigenvalue weighted by Crippen LogP contribution is 2.33. The number of benzene rings is 2. The van der Waals surface area contributed by atoms with Crippen molar-refractivity contribution in [2.45, 2.75) is 0 Å². The smallest absolute Gasteiger partial charge is 0.287 e. The third-order valence-electron chi connectivity index (χ3n) is 3.98. The van der Waals surface area contributed by atoms with Crippen molar-refractivity contribution in [2.75, 3.05) is 21.3 Å². The van der Waals surface area contributed by atoms with Gasteiger partial charge in [-0.15, -0.1) is 0 Å². The quantitative estimate of drug-likeness (QED) is 0.458. The van der Waals surface area contributed by atoms with Crippen LogP contribution in [0.1, 0.15) is 16.1 Å². The molecule has 8 heteroatoms. The van der Waals surface area contributed by atoms with Crippen molar-refractivity contribution in [3.05, 3.63) is 47.7 Å². The fourth-order valence-corrected chi connectivity index (χ4v) is 2.65. The van der Waals surface area contributed by atoms with Gasteiger partial charge in [0.05, 0.1) is 33.1 Å². The number of hydrogen-bond donors (Lipinski definition) is 3. The lowest BCUT2D eigenvalue weighted by Crippen LogP contribution is -2.17. The molecule has 1 heterocycles. The zero-order valence-electron chi connectivity index (χ0n) is 15.1. The lowest BCUT2D eigenvalue weighted by atomic mass is 10.2. The van der Waals surface area contributed by atoms with Crippen molar-refractivity contribution in [1.29, 1.82) is 0 Å². The summed E-state index contributed by atoms with van der Waals surface area (Å²) in [4.78, 5) is 15.4. The standard InChI is InChI=1S/C19H19N3O5/c1-25-15-6-7-17(27-3)18-12(15)9-13(21-18)19(24)22-20-10-11-4-5-16(26-2)14(23)8-11/h4-10,21,23H,1-3H3,(H,22,24). The van der Waals surface area contributed by atoms with Gasteiger partial charge in [0.25, 0.3) is 5.91 Å². The van der Waals surface area contributed by atoms with Gasteiger partial charge in [0.1, 0.15) is 17.2 Å². The van der Waals surface area contributed by atoms with E-state index >= 15 is 0 Å². The predicted molar refractivity (Wildman–Crippen MR) is 101 cm³/mol. The summed E-state index contributed by atoms with van der Waals surface area (Å²) in [7, 11) is 4.58. The number of aromatic nitrogens is 1. The molecule has 0 spiro atoms. The fourth-order valence-electron chi connectivity index (χ4n) is 2.65. The number of fused-ring (bicyclic) bond motifs is 1. The van der Waals surface area contributed by atoms with Gasteiger partial charge in [-0.1, -0.05) is 0 Å². The van der Waals surface area contributed by atoms with Crippen LogP contribution in [0.4, 0.5) is 0 Å². The molecule has 0 unspecified atom stereocenters. The second-order valence-corrected chi connectivity index (χ2v) is 5.57. The Bertz CT molecular complexity index is 969. The summed E-state index contributed by atoms with van der Waals surface area (Å²) < 4.78 is 15.6. The van der Waals surface area contributed by atoms with Crippen LogP contribution in [0.15, 0.2) is 41.5 Å². The van der Waals surface area contributed by atoms with E-state index in [0.29, 0.717) is 34.0 Å². The molecule has 0 aliphatic rings. The summed E-state index contributed by atoms with van der Waals surface area (Å²) in [5.41, 5.74) is 4.01. The molecule has 1 aromatic heterocycles. The molecule has 0 aliphatic carbocycles. The average molecular weight is 369 g/mol. The molecular formula is C19H19N3O5. The van der Waals surface area contributed by atoms with Crippen molar-refractivity contribution >= 4 is 23.0 Å². The summed E-state index contributed by atoms with van der Waals surface area (Å²) >= 11 is 0. The van der Waals surface area contributed by atoms with Crippen LogP contribution in [0, 0.1) is 0 Å². The molecule has 27 heavy (non-hydrogen) atoms. The number of aromatic hydroxyl groups is 1. The van der Waals surface area contributed by atoms with Crippen LogP contribution >= 0.6 is 0 Å². The van der Waals surface area contributed by atoms with E-state index < -0.39 is 5.91 Å². The number of rotatable bonds is 6. The molecule has 0 bridgehead atoms. The summed E-state index contributed by atoms with van der Waals surface area (Å²) in [6.45, 7) is 0. The van der Waals surface area contributed by atoms with Crippen molar-refractivity contribution in [3.8, 4) is 23.0 Å². The molecule has 0 saturated heterocycles. The van der Waals surface area contributed by atoms with Crippen molar-refractivity contribution in [2.24, 2.45) is 5.10 Å². The Kier molecular flexibility index (Phi) is 5.16. The van der Waals surface area contributed by atoms with Gasteiger partial charge in [0, 0.05) is 5.39 Å². The van der Waals surface area contributed by atoms with Gasteiger partial charge >= 0.3 is 0 Å². The van der Waals surface area contributed by atoms with Crippen LogP contribution in [-0.4, -0.2) is 43.5 Å². The third kappa shape index (κ3) is 3.64. The highest BCUT2D eigenvalue weighted by Gasteiger charge is 2.15. The number of phenolic OH excluding ortho intramolecular Hbond substituents is 1. The Morgan fingerprint density at radius 3 is 2.37 bits per heavy atom. The largest absolute Gasteiger partial charge is 0.504 e. The molecule has 2 aromatic carbocycles. The molecule has 0 radical (unpaired) electrons. The number of aromatic amines is 1. The zero-order chi connectivity index (χ0) is 19.4. The zero-order valence-corrected chi connectivity index (χ0v) is 15.1. The Morgan fingerprint density at radius 2 is 1.70 bits per heavy atom. The average Bonchev–Trinajstić information content (AvgIpc) is 3.13. The first kappa shape index (κ1) is 18.1. The van der Waals surface area contributed by atoms with Crippen molar-refractivity contribution in [3.63, 3.8) is 0 Å². The van der Waals surface area contributed by atoms with E-state index in [1.54, 1.807) is 44.6 Å². The number of nitrogens with zero attached hydrogens (tertiary/aromatic N) is 1. The third-order valence-corrected chi connectivity index (χ3v) is 3.98. The van der Waals surface area contributed by atoms with Crippen LogP contribution in [0.2, 0.25) is 0 Å². The van der Waals surface area contributed by atoms with E-state index in [2.05, 4.69) is 15.5 Å². The van der Waals surface area contributed by atoms with Gasteiger partial charge in [-0.25, -0.2) is 5.43 Å². The molecule has 1 amide bonds. The van der Waals surface area contributed by atoms with Crippen LogP contribution in [0.3, 0.4) is 0 Å². The second-order valence-electron chi connectivity index (χ2n) is 5.57. The van der Waals surface area contributed by atoms with E-state index in [1.165, 1.54) is 19.4 Å². The van der Waals surface area contributed by atoms with Gasteiger partial charge in [-0.05, 0) is 42.0 Å². The molecule has 0 fully saturated rings. The topological polar surface area (TPSA) is 105 Å². The molecule has 3 rings (SSSR count). The highest BCUT2D eigenvalue weighted by molar-refractivity contribution is 6.01. The minimum absolute atomic E-state index is 0.0115. The van der Waals surface area contributed by atoms with Gasteiger partial charge in [0.15, 0.2) is 11.5 Å². The maximum atomic E-state index is 12.4. The second kappa shape index (κ2) is 7.69. The Balaban J connectivity index is 1.79. The summed E-state index contributed by atoms with van der Waals surface area (Å²) in [5.74, 6) is 1.14. The summed E-state index contributed by atoms with van der Waals surface area (Å²) in [6.07, 6.45) is 1.42. The molecule has 0 aliphatic heterocycles. The Morgan fingerprint density at radius 1 is 1.04 bits per heavy atom. The minimum Gasteiger partial charge on any atom is -0.504 e. The van der Waals surface area contributed by atoms with Crippen molar-refractivity contribution < 1.29 is 24.1 Å². The lowest BCUT2D eigenvalue weighted by Gasteiger charge is -2.05. The van der Waals surface area contributed by atoms with E-state index in [1.807, 2.05) is 0 Å². The Hall–Kier alpha value is -3.68. The minimum atomic E-state index is -0.427. The first-order valence-corrected chi connectivity index (χ1v) is 8.01. The van der Waals surface area contributed by atoms with E-state index in [4.69, 9.17) is 14.2 Å².